The van der Waals surface area contributed by atoms with Crippen LogP contribution in [0.1, 0.15) is 101 Å². The molecule has 2 aromatic carbocycles. The van der Waals surface area contributed by atoms with E-state index in [9.17, 15) is 38.5 Å². The van der Waals surface area contributed by atoms with Crippen LogP contribution in [0.2, 0.25) is 0 Å². The number of carboxylic acid groups (broad SMARTS) is 1. The lowest BCUT2D eigenvalue weighted by atomic mass is 9.94. The van der Waals surface area contributed by atoms with E-state index in [0.717, 1.165) is 28.4 Å². The highest BCUT2D eigenvalue weighted by Gasteiger charge is 2.33. The molecule has 0 spiro atoms. The number of hydrogen-bond acceptors (Lipinski definition) is 13. The number of aliphatic carboxylic acids is 1. The molecule has 0 aliphatic carbocycles. The first-order valence-corrected chi connectivity index (χ1v) is 24.0. The summed E-state index contributed by atoms with van der Waals surface area (Å²) in [5.74, 6) is -1.50. The minimum atomic E-state index is -2.39. The number of rotatable bonds is 15. The zero-order valence-electron chi connectivity index (χ0n) is 35.0. The Bertz CT molecular complexity index is 2000. The Morgan fingerprint density at radius 1 is 0.719 bits per heavy atom. The summed E-state index contributed by atoms with van der Waals surface area (Å²) in [5, 5.41) is 29.7. The monoisotopic (exact) mass is 836 g/mol. The molecule has 0 bridgehead atoms. The van der Waals surface area contributed by atoms with Gasteiger partial charge in [-0.2, -0.15) is 0 Å². The molecule has 0 saturated heterocycles. The molecule has 0 atom stereocenters. The average molecular weight is 837 g/mol. The molecule has 16 heteroatoms. The number of cyclic esters (lactones) is 2. The average Bonchev–Trinajstić information content (AvgIpc) is 3.73. The number of esters is 3. The number of phenolic OH excluding ortho intramolecular Hbond substituents is 2. The molecule has 2 aliphatic rings. The summed E-state index contributed by atoms with van der Waals surface area (Å²) in [7, 11) is -1.01. The van der Waals surface area contributed by atoms with Gasteiger partial charge in [-0.05, 0) is 97.3 Å². The molecule has 0 saturated carbocycles. The fourth-order valence-corrected chi connectivity index (χ4v) is 6.17. The van der Waals surface area contributed by atoms with E-state index in [2.05, 4.69) is 0 Å². The maximum absolute atomic E-state index is 11.9. The van der Waals surface area contributed by atoms with Gasteiger partial charge in [0.05, 0.1) is 21.4 Å². The van der Waals surface area contributed by atoms with Crippen LogP contribution in [0.25, 0.3) is 0 Å². The molecule has 2 heterocycles. The van der Waals surface area contributed by atoms with Gasteiger partial charge >= 0.3 is 23.9 Å². The molecule has 14 nitrogen and oxygen atoms in total. The summed E-state index contributed by atoms with van der Waals surface area (Å²) in [5.41, 5.74) is 6.10. The predicted molar refractivity (Wildman–Crippen MR) is 218 cm³/mol. The summed E-state index contributed by atoms with van der Waals surface area (Å²) < 4.78 is 48.1. The highest BCUT2D eigenvalue weighted by atomic mass is 31.2. The zero-order valence-corrected chi connectivity index (χ0v) is 36.7. The van der Waals surface area contributed by atoms with Gasteiger partial charge in [-0.15, -0.1) is 0 Å². The van der Waals surface area contributed by atoms with Crippen molar-refractivity contribution in [2.75, 3.05) is 53.4 Å². The Hall–Kier alpha value is -4.54. The third-order valence-corrected chi connectivity index (χ3v) is 11.6. The van der Waals surface area contributed by atoms with Crippen LogP contribution in [-0.4, -0.2) is 92.6 Å². The number of phenols is 2. The van der Waals surface area contributed by atoms with Gasteiger partial charge in [-0.25, -0.2) is 9.59 Å². The second-order valence-corrected chi connectivity index (χ2v) is 22.0. The Kier molecular flexibility index (Phi) is 18.2. The fraction of sp³-hybridized carbons (Fsp3) is 0.512. The topological polar surface area (TPSA) is 209 Å². The summed E-state index contributed by atoms with van der Waals surface area (Å²) >= 11 is 0. The smallest absolute Gasteiger partial charge is 0.342 e. The van der Waals surface area contributed by atoms with E-state index in [1.54, 1.807) is 26.7 Å². The first kappa shape index (κ1) is 48.6. The fourth-order valence-electron chi connectivity index (χ4n) is 5.72. The SMILES string of the molecule is CCP(C)(C)=O.COc1c(C)c2c(c(O)c1C/C=C(\C)CCC(=O)O)C(=O)OC2.COc1c(C)c2c(c(O)c1C/C=C(\C)CCC(=O)OCP(C)(C)=O)C(=O)OC2. The van der Waals surface area contributed by atoms with Gasteiger partial charge in [0.25, 0.3) is 0 Å². The Morgan fingerprint density at radius 3 is 1.44 bits per heavy atom. The molecular formula is C41H58O14P2. The van der Waals surface area contributed by atoms with Crippen molar-refractivity contribution in [2.24, 2.45) is 0 Å². The van der Waals surface area contributed by atoms with E-state index in [0.29, 0.717) is 59.4 Å². The van der Waals surface area contributed by atoms with Crippen LogP contribution >= 0.6 is 14.3 Å². The van der Waals surface area contributed by atoms with Gasteiger partial charge in [0.2, 0.25) is 0 Å². The maximum Gasteiger partial charge on any atom is 0.342 e. The van der Waals surface area contributed by atoms with E-state index in [-0.39, 0.29) is 55.0 Å². The predicted octanol–water partition coefficient (Wildman–Crippen LogP) is 8.13. The number of carbonyl (C=O) groups is 4. The van der Waals surface area contributed by atoms with E-state index < -0.39 is 38.2 Å². The lowest BCUT2D eigenvalue weighted by molar-refractivity contribution is -0.141. The number of hydrogen-bond donors (Lipinski definition) is 3. The molecule has 316 valence electrons. The van der Waals surface area contributed by atoms with Crippen molar-refractivity contribution in [3.63, 3.8) is 0 Å². The van der Waals surface area contributed by atoms with Crippen molar-refractivity contribution in [2.45, 2.75) is 86.4 Å². The summed E-state index contributed by atoms with van der Waals surface area (Å²) in [4.78, 5) is 46.1. The van der Waals surface area contributed by atoms with Gasteiger partial charge in [0.15, 0.2) is 0 Å². The maximum atomic E-state index is 11.9. The molecule has 3 N–H and O–H groups in total. The van der Waals surface area contributed by atoms with Crippen LogP contribution in [-0.2, 0) is 59.0 Å². The quantitative estimate of drug-likeness (QED) is 0.0670. The first-order valence-electron chi connectivity index (χ1n) is 18.4. The Morgan fingerprint density at radius 2 is 1.11 bits per heavy atom. The van der Waals surface area contributed by atoms with Crippen LogP contribution in [0.15, 0.2) is 23.3 Å². The molecule has 2 aromatic rings. The zero-order chi connectivity index (χ0) is 43.4. The Balaban J connectivity index is 0.000000349. The number of fused-ring (bicyclic) bond motifs is 2. The summed E-state index contributed by atoms with van der Waals surface area (Å²) in [6, 6.07) is 0. The van der Waals surface area contributed by atoms with Crippen molar-refractivity contribution in [3.8, 4) is 23.0 Å². The highest BCUT2D eigenvalue weighted by Crippen LogP contribution is 2.43. The van der Waals surface area contributed by atoms with E-state index >= 15 is 0 Å². The molecule has 0 aromatic heterocycles. The number of aromatic hydroxyl groups is 2. The minimum Gasteiger partial charge on any atom is -0.507 e. The number of carbonyl (C=O) groups excluding carboxylic acids is 3. The van der Waals surface area contributed by atoms with Gasteiger partial charge in [0, 0.05) is 35.1 Å². The van der Waals surface area contributed by atoms with Crippen LogP contribution in [0, 0.1) is 13.8 Å². The van der Waals surface area contributed by atoms with Gasteiger partial charge in [-0.1, -0.05) is 30.2 Å². The third-order valence-electron chi connectivity index (χ3n) is 9.36. The third kappa shape index (κ3) is 14.1. The van der Waals surface area contributed by atoms with Gasteiger partial charge < -0.3 is 48.1 Å². The van der Waals surface area contributed by atoms with Crippen LogP contribution in [0.3, 0.4) is 0 Å². The lowest BCUT2D eigenvalue weighted by Gasteiger charge is -2.15. The van der Waals surface area contributed by atoms with E-state index in [1.807, 2.05) is 46.8 Å². The van der Waals surface area contributed by atoms with Crippen molar-refractivity contribution in [3.05, 3.63) is 67.8 Å². The van der Waals surface area contributed by atoms with Crippen LogP contribution in [0.4, 0.5) is 0 Å². The van der Waals surface area contributed by atoms with Crippen molar-refractivity contribution in [1.82, 2.24) is 0 Å². The van der Waals surface area contributed by atoms with Crippen molar-refractivity contribution < 1.29 is 67.3 Å². The molecule has 4 rings (SSSR count). The number of carboxylic acids is 1. The number of benzene rings is 2. The molecule has 2 aliphatic heterocycles. The van der Waals surface area contributed by atoms with E-state index in [4.69, 9.17) is 28.8 Å². The normalized spacial score (nSPS) is 13.6. The van der Waals surface area contributed by atoms with E-state index in [1.165, 1.54) is 14.2 Å². The highest BCUT2D eigenvalue weighted by molar-refractivity contribution is 7.62. The van der Waals surface area contributed by atoms with Crippen molar-refractivity contribution in [1.29, 1.82) is 0 Å². The Labute approximate surface area is 335 Å². The minimum absolute atomic E-state index is 0.0514. The standard InChI is InChI=1S/C20H27O7P.C17H20O6.C4H11OP/c1-12(7-9-16(21)27-11-28(4,5)24)6-8-14-18(22)17-15(10-26-20(17)23)13(2)19(14)25-3;1-9(5-7-13(18)19)4-6-11-15(20)14-12(8-23-17(14)21)10(2)16(11)22-3;1-4-6(2,3)5/h6,22H,7-11H2,1-5H3;4,20H,5-8H2,1-3H3,(H,18,19);4H2,1-3H3/b12-6+;9-4+;. The molecular weight excluding hydrogens is 778 g/mol. The molecule has 0 amide bonds. The molecule has 0 unspecified atom stereocenters. The molecule has 0 radical (unpaired) electrons. The second kappa shape index (κ2) is 21.3. The molecule has 57 heavy (non-hydrogen) atoms. The van der Waals surface area contributed by atoms with Crippen molar-refractivity contribution >= 4 is 38.2 Å². The first-order chi connectivity index (χ1) is 26.5. The van der Waals surface area contributed by atoms with Gasteiger partial charge in [-0.3, -0.25) is 9.59 Å². The summed E-state index contributed by atoms with van der Waals surface area (Å²) in [6.07, 6.45) is 6.33. The van der Waals surface area contributed by atoms with Crippen LogP contribution < -0.4 is 9.47 Å². The lowest BCUT2D eigenvalue weighted by Crippen LogP contribution is -2.06. The number of ether oxygens (including phenoxy) is 5. The van der Waals surface area contributed by atoms with Crippen LogP contribution in [0.5, 0.6) is 23.0 Å². The second-order valence-electron chi connectivity index (χ2n) is 14.8. The molecule has 0 fully saturated rings. The number of methoxy groups -OCH3 is 2. The number of allylic oxidation sites excluding steroid dienone is 4. The summed E-state index contributed by atoms with van der Waals surface area (Å²) in [6.45, 7) is 16.3. The largest absolute Gasteiger partial charge is 0.507 e. The van der Waals surface area contributed by atoms with Gasteiger partial charge in [0.1, 0.15) is 60.8 Å².